The standard InChI is InChI=1S/C7H2ClFN/c8-6-1-2-7(9)5(3-6)4-10/h2-3H. The molecule has 1 rings (SSSR count). The van der Waals surface area contributed by atoms with E-state index in [9.17, 15) is 4.39 Å². The summed E-state index contributed by atoms with van der Waals surface area (Å²) in [6.07, 6.45) is 0. The van der Waals surface area contributed by atoms with Gasteiger partial charge in [-0.3, -0.25) is 0 Å². The van der Waals surface area contributed by atoms with Crippen LogP contribution in [-0.4, -0.2) is 0 Å². The van der Waals surface area contributed by atoms with Crippen molar-refractivity contribution >= 4 is 11.6 Å². The van der Waals surface area contributed by atoms with E-state index in [0.717, 1.165) is 6.07 Å². The molecule has 1 nitrogen and oxygen atoms in total. The third-order valence-corrected chi connectivity index (χ3v) is 1.20. The van der Waals surface area contributed by atoms with Gasteiger partial charge in [0, 0.05) is 11.1 Å². The Morgan fingerprint density at radius 3 is 2.90 bits per heavy atom. The summed E-state index contributed by atoms with van der Waals surface area (Å²) in [5, 5.41) is 8.53. The minimum absolute atomic E-state index is 0.0521. The Balaban J connectivity index is 3.25. The zero-order chi connectivity index (χ0) is 7.56. The first-order valence-electron chi connectivity index (χ1n) is 2.51. The Kier molecular flexibility index (Phi) is 1.88. The fourth-order valence-corrected chi connectivity index (χ4v) is 0.697. The van der Waals surface area contributed by atoms with Gasteiger partial charge < -0.3 is 0 Å². The molecule has 0 N–H and O–H groups in total. The molecule has 0 aromatic heterocycles. The molecule has 0 amide bonds. The maximum atomic E-state index is 12.5. The number of hydrogen-bond acceptors (Lipinski definition) is 1. The molecule has 0 atom stereocenters. The van der Waals surface area contributed by atoms with E-state index in [-0.39, 0.29) is 10.6 Å². The molecule has 0 fully saturated rings. The number of hydrogen-bond donors (Lipinski definition) is 0. The second-order valence-electron chi connectivity index (χ2n) is 1.65. The van der Waals surface area contributed by atoms with Crippen LogP contribution >= 0.6 is 11.6 Å². The molecule has 0 saturated carbocycles. The Labute approximate surface area is 62.7 Å². The van der Waals surface area contributed by atoms with Crippen molar-refractivity contribution in [1.29, 1.82) is 5.26 Å². The van der Waals surface area contributed by atoms with E-state index in [0.29, 0.717) is 0 Å². The van der Waals surface area contributed by atoms with Gasteiger partial charge in [0.1, 0.15) is 11.9 Å². The van der Waals surface area contributed by atoms with Crippen LogP contribution in [0.3, 0.4) is 0 Å². The molecule has 49 valence electrons. The number of benzene rings is 1. The first-order valence-corrected chi connectivity index (χ1v) is 2.88. The van der Waals surface area contributed by atoms with Gasteiger partial charge in [0.15, 0.2) is 0 Å². The van der Waals surface area contributed by atoms with Crippen molar-refractivity contribution in [3.63, 3.8) is 0 Å². The number of rotatable bonds is 0. The van der Waals surface area contributed by atoms with Gasteiger partial charge in [-0.1, -0.05) is 11.6 Å². The summed E-state index contributed by atoms with van der Waals surface area (Å²) >= 11 is 5.42. The maximum absolute atomic E-state index is 12.5. The summed E-state index contributed by atoms with van der Waals surface area (Å²) in [4.78, 5) is 0. The fourth-order valence-electron chi connectivity index (χ4n) is 0.533. The lowest BCUT2D eigenvalue weighted by atomic mass is 10.2. The van der Waals surface area contributed by atoms with Crippen molar-refractivity contribution in [3.8, 4) is 6.07 Å². The molecule has 0 spiro atoms. The topological polar surface area (TPSA) is 23.8 Å². The quantitative estimate of drug-likeness (QED) is 0.562. The zero-order valence-corrected chi connectivity index (χ0v) is 5.61. The highest BCUT2D eigenvalue weighted by molar-refractivity contribution is 6.30. The molecule has 0 aliphatic carbocycles. The smallest absolute Gasteiger partial charge is 0.141 e. The zero-order valence-electron chi connectivity index (χ0n) is 4.86. The summed E-state index contributed by atoms with van der Waals surface area (Å²) in [6, 6.07) is 6.35. The molecule has 0 heterocycles. The average molecular weight is 155 g/mol. The molecule has 0 aliphatic heterocycles. The Hall–Kier alpha value is -1.07. The van der Waals surface area contributed by atoms with Crippen LogP contribution in [0.5, 0.6) is 0 Å². The largest absolute Gasteiger partial charge is 0.206 e. The van der Waals surface area contributed by atoms with Crippen molar-refractivity contribution in [1.82, 2.24) is 0 Å². The molecule has 0 saturated heterocycles. The van der Waals surface area contributed by atoms with Gasteiger partial charge in [-0.15, -0.1) is 0 Å². The molecule has 0 aliphatic rings. The Morgan fingerprint density at radius 1 is 1.70 bits per heavy atom. The summed E-state index contributed by atoms with van der Waals surface area (Å²) in [7, 11) is 0. The van der Waals surface area contributed by atoms with Crippen molar-refractivity contribution in [2.75, 3.05) is 0 Å². The number of halogens is 2. The van der Waals surface area contributed by atoms with Crippen molar-refractivity contribution in [3.05, 3.63) is 34.6 Å². The first-order chi connectivity index (χ1) is 4.74. The second kappa shape index (κ2) is 2.68. The molecule has 1 radical (unpaired) electrons. The lowest BCUT2D eigenvalue weighted by Crippen LogP contribution is -1.81. The van der Waals surface area contributed by atoms with Crippen LogP contribution in [0.1, 0.15) is 5.56 Å². The highest BCUT2D eigenvalue weighted by atomic mass is 35.5. The van der Waals surface area contributed by atoms with Crippen LogP contribution in [0.4, 0.5) is 4.39 Å². The monoisotopic (exact) mass is 154 g/mol. The molecule has 1 aromatic carbocycles. The Morgan fingerprint density at radius 2 is 2.40 bits per heavy atom. The molecule has 3 heteroatoms. The second-order valence-corrected chi connectivity index (χ2v) is 2.06. The predicted molar refractivity (Wildman–Crippen MR) is 35.0 cm³/mol. The summed E-state index contributed by atoms with van der Waals surface area (Å²) < 4.78 is 12.5. The van der Waals surface area contributed by atoms with Crippen LogP contribution in [0.2, 0.25) is 5.02 Å². The first kappa shape index (κ1) is 7.04. The highest BCUT2D eigenvalue weighted by Crippen LogP contribution is 2.12. The van der Waals surface area contributed by atoms with E-state index in [2.05, 4.69) is 6.07 Å². The average Bonchev–Trinajstić information content (AvgIpc) is 1.94. The molecular formula is C7H2ClFN. The normalized spacial score (nSPS) is 8.90. The van der Waals surface area contributed by atoms with Gasteiger partial charge in [-0.25, -0.2) is 4.39 Å². The molecule has 10 heavy (non-hydrogen) atoms. The van der Waals surface area contributed by atoms with Crippen molar-refractivity contribution in [2.24, 2.45) is 0 Å². The van der Waals surface area contributed by atoms with Gasteiger partial charge in [0.05, 0.1) is 5.56 Å². The highest BCUT2D eigenvalue weighted by Gasteiger charge is 1.99. The van der Waals surface area contributed by atoms with Crippen LogP contribution < -0.4 is 0 Å². The SMILES string of the molecule is N#Cc1cc(Cl)[c]cc1F. The predicted octanol–water partition coefficient (Wildman–Crippen LogP) is 2.15. The van der Waals surface area contributed by atoms with Gasteiger partial charge >= 0.3 is 0 Å². The van der Waals surface area contributed by atoms with E-state index >= 15 is 0 Å². The lowest BCUT2D eigenvalue weighted by molar-refractivity contribution is 0.623. The van der Waals surface area contributed by atoms with Crippen LogP contribution in [-0.2, 0) is 0 Å². The summed E-state index contributed by atoms with van der Waals surface area (Å²) in [5.41, 5.74) is -0.0521. The van der Waals surface area contributed by atoms with E-state index < -0.39 is 5.82 Å². The fraction of sp³-hybridized carbons (Fsp3) is 0. The van der Waals surface area contributed by atoms with E-state index in [1.807, 2.05) is 0 Å². The van der Waals surface area contributed by atoms with Gasteiger partial charge in [-0.2, -0.15) is 5.26 Å². The van der Waals surface area contributed by atoms with Gasteiger partial charge in [0.2, 0.25) is 0 Å². The van der Waals surface area contributed by atoms with Crippen molar-refractivity contribution < 1.29 is 4.39 Å². The minimum atomic E-state index is -0.591. The maximum Gasteiger partial charge on any atom is 0.141 e. The minimum Gasteiger partial charge on any atom is -0.206 e. The van der Waals surface area contributed by atoms with E-state index in [1.165, 1.54) is 6.07 Å². The third kappa shape index (κ3) is 1.26. The number of nitriles is 1. The van der Waals surface area contributed by atoms with Gasteiger partial charge in [-0.05, 0) is 12.1 Å². The summed E-state index contributed by atoms with van der Waals surface area (Å²) in [5.74, 6) is -0.591. The van der Waals surface area contributed by atoms with Crippen molar-refractivity contribution in [2.45, 2.75) is 0 Å². The van der Waals surface area contributed by atoms with E-state index in [1.54, 1.807) is 6.07 Å². The van der Waals surface area contributed by atoms with Crippen LogP contribution in [0.25, 0.3) is 0 Å². The third-order valence-electron chi connectivity index (χ3n) is 0.986. The molecule has 0 unspecified atom stereocenters. The molecule has 0 bridgehead atoms. The molecular weight excluding hydrogens is 153 g/mol. The summed E-state index contributed by atoms with van der Waals surface area (Å²) in [6.45, 7) is 0. The van der Waals surface area contributed by atoms with E-state index in [4.69, 9.17) is 16.9 Å². The van der Waals surface area contributed by atoms with Crippen LogP contribution in [0, 0.1) is 23.2 Å². The van der Waals surface area contributed by atoms with Crippen LogP contribution in [0.15, 0.2) is 12.1 Å². The Bertz CT molecular complexity index is 290. The number of nitrogens with zero attached hydrogens (tertiary/aromatic N) is 1. The van der Waals surface area contributed by atoms with Gasteiger partial charge in [0.25, 0.3) is 0 Å². The lowest BCUT2D eigenvalue weighted by Gasteiger charge is -1.90. The molecule has 1 aromatic rings.